The van der Waals surface area contributed by atoms with Gasteiger partial charge < -0.3 is 9.87 Å². The first kappa shape index (κ1) is 18.4. The standard InChI is InChI=1S/C14H10Cl2F3N3O2S/c1-6(23)20-13-8-4-25(24)5-11(8)21-22(13)12-9(15)2-7(3-10(12)16)14(17,18)19/h2-3H,4-5H2,1H3,(H,20,23). The fraction of sp³-hybridized carbons (Fsp3) is 0.286. The number of halogens is 5. The van der Waals surface area contributed by atoms with Crippen LogP contribution in [0.25, 0.3) is 5.69 Å². The van der Waals surface area contributed by atoms with Crippen molar-refractivity contribution in [3.05, 3.63) is 39.0 Å². The Labute approximate surface area is 153 Å². The minimum Gasteiger partial charge on any atom is -0.616 e. The van der Waals surface area contributed by atoms with Crippen LogP contribution in [0.3, 0.4) is 0 Å². The van der Waals surface area contributed by atoms with Crippen molar-refractivity contribution in [3.8, 4) is 5.69 Å². The van der Waals surface area contributed by atoms with Gasteiger partial charge in [-0.2, -0.15) is 18.3 Å². The van der Waals surface area contributed by atoms with E-state index in [9.17, 15) is 22.5 Å². The second-order valence-corrected chi connectivity index (χ2v) is 7.65. The van der Waals surface area contributed by atoms with Crippen LogP contribution in [0, 0.1) is 0 Å². The van der Waals surface area contributed by atoms with Crippen LogP contribution in [0.2, 0.25) is 10.0 Å². The number of carbonyl (C=O) groups is 1. The molecule has 1 aliphatic heterocycles. The average molecular weight is 412 g/mol. The number of hydrogen-bond acceptors (Lipinski definition) is 3. The molecule has 134 valence electrons. The number of nitrogens with zero attached hydrogens (tertiary/aromatic N) is 2. The quantitative estimate of drug-likeness (QED) is 0.761. The molecule has 0 aliphatic carbocycles. The molecule has 1 aliphatic rings. The Morgan fingerprint density at radius 1 is 1.32 bits per heavy atom. The van der Waals surface area contributed by atoms with E-state index < -0.39 is 28.8 Å². The summed E-state index contributed by atoms with van der Waals surface area (Å²) >= 11 is 10.9. The van der Waals surface area contributed by atoms with Gasteiger partial charge in [0.2, 0.25) is 5.91 Å². The van der Waals surface area contributed by atoms with Crippen molar-refractivity contribution >= 4 is 46.1 Å². The summed E-state index contributed by atoms with van der Waals surface area (Å²) in [4.78, 5) is 11.5. The number of nitrogens with one attached hydrogen (secondary N) is 1. The number of alkyl halides is 3. The zero-order valence-corrected chi connectivity index (χ0v) is 14.9. The van der Waals surface area contributed by atoms with E-state index in [1.54, 1.807) is 0 Å². The molecular weight excluding hydrogens is 402 g/mol. The Morgan fingerprint density at radius 3 is 2.44 bits per heavy atom. The molecule has 0 saturated carbocycles. The van der Waals surface area contributed by atoms with Crippen molar-refractivity contribution in [2.75, 3.05) is 5.32 Å². The van der Waals surface area contributed by atoms with E-state index in [1.807, 2.05) is 0 Å². The predicted octanol–water partition coefficient (Wildman–Crippen LogP) is 3.92. The first-order valence-corrected chi connectivity index (χ1v) is 9.12. The number of hydrogen-bond donors (Lipinski definition) is 1. The predicted molar refractivity (Wildman–Crippen MR) is 88.4 cm³/mol. The molecule has 1 N–H and O–H groups in total. The summed E-state index contributed by atoms with van der Waals surface area (Å²) in [5.74, 6) is 0.156. The van der Waals surface area contributed by atoms with Crippen LogP contribution in [0.15, 0.2) is 12.1 Å². The molecule has 0 saturated heterocycles. The smallest absolute Gasteiger partial charge is 0.416 e. The highest BCUT2D eigenvalue weighted by Crippen LogP contribution is 2.40. The van der Waals surface area contributed by atoms with Gasteiger partial charge in [-0.15, -0.1) is 0 Å². The third kappa shape index (κ3) is 3.46. The third-order valence-electron chi connectivity index (χ3n) is 3.52. The van der Waals surface area contributed by atoms with Gasteiger partial charge in [-0.25, -0.2) is 4.68 Å². The van der Waals surface area contributed by atoms with Gasteiger partial charge >= 0.3 is 6.18 Å². The van der Waals surface area contributed by atoms with Gasteiger partial charge in [-0.05, 0) is 23.3 Å². The van der Waals surface area contributed by atoms with Crippen LogP contribution in [-0.2, 0) is 33.7 Å². The summed E-state index contributed by atoms with van der Waals surface area (Å²) in [5, 5.41) is 6.26. The second kappa shape index (κ2) is 6.39. The molecule has 11 heteroatoms. The molecule has 1 amide bonds. The molecule has 0 spiro atoms. The summed E-state index contributed by atoms with van der Waals surface area (Å²) in [6, 6.07) is 1.48. The van der Waals surface area contributed by atoms with E-state index in [4.69, 9.17) is 23.2 Å². The monoisotopic (exact) mass is 411 g/mol. The SMILES string of the molecule is CC(=O)Nc1c2c(nn1-c1c(Cl)cc(C(F)(F)F)cc1Cl)C[S+]([O-])C2. The van der Waals surface area contributed by atoms with E-state index in [1.165, 1.54) is 11.6 Å². The summed E-state index contributed by atoms with van der Waals surface area (Å²) in [6.45, 7) is 1.27. The van der Waals surface area contributed by atoms with Crippen LogP contribution >= 0.6 is 23.2 Å². The molecule has 3 rings (SSSR count). The van der Waals surface area contributed by atoms with Crippen LogP contribution in [-0.4, -0.2) is 20.2 Å². The topological polar surface area (TPSA) is 70.0 Å². The molecule has 5 nitrogen and oxygen atoms in total. The minimum atomic E-state index is -4.60. The number of aromatic nitrogens is 2. The molecule has 1 unspecified atom stereocenters. The fourth-order valence-corrected chi connectivity index (χ4v) is 4.43. The van der Waals surface area contributed by atoms with Crippen LogP contribution in [0.5, 0.6) is 0 Å². The zero-order valence-electron chi connectivity index (χ0n) is 12.6. The lowest BCUT2D eigenvalue weighted by Crippen LogP contribution is -2.14. The Balaban J connectivity index is 2.18. The van der Waals surface area contributed by atoms with E-state index in [0.29, 0.717) is 11.3 Å². The lowest BCUT2D eigenvalue weighted by molar-refractivity contribution is -0.137. The van der Waals surface area contributed by atoms with Crippen molar-refractivity contribution in [3.63, 3.8) is 0 Å². The Bertz CT molecular complexity index is 847. The van der Waals surface area contributed by atoms with E-state index in [0.717, 1.165) is 12.1 Å². The molecule has 2 heterocycles. The summed E-state index contributed by atoms with van der Waals surface area (Å²) in [5.41, 5.74) is 0.0584. The van der Waals surface area contributed by atoms with Gasteiger partial charge in [-0.1, -0.05) is 23.2 Å². The average Bonchev–Trinajstić information content (AvgIpc) is 2.95. The molecule has 2 aromatic rings. The molecule has 0 fully saturated rings. The Hall–Kier alpha value is -1.42. The van der Waals surface area contributed by atoms with Crippen LogP contribution in [0.1, 0.15) is 23.7 Å². The van der Waals surface area contributed by atoms with E-state index in [-0.39, 0.29) is 33.1 Å². The second-order valence-electron chi connectivity index (χ2n) is 5.38. The lowest BCUT2D eigenvalue weighted by Gasteiger charge is -2.15. The van der Waals surface area contributed by atoms with Gasteiger partial charge in [-0.3, -0.25) is 4.79 Å². The fourth-order valence-electron chi connectivity index (χ4n) is 2.52. The van der Waals surface area contributed by atoms with Gasteiger partial charge in [0, 0.05) is 6.92 Å². The zero-order chi connectivity index (χ0) is 18.5. The van der Waals surface area contributed by atoms with Gasteiger partial charge in [0.05, 0.1) is 21.2 Å². The molecule has 1 atom stereocenters. The molecule has 0 bridgehead atoms. The van der Waals surface area contributed by atoms with Gasteiger partial charge in [0.1, 0.15) is 28.7 Å². The molecule has 1 aromatic heterocycles. The summed E-state index contributed by atoms with van der Waals surface area (Å²) in [7, 11) is 0. The number of rotatable bonds is 2. The highest BCUT2D eigenvalue weighted by Gasteiger charge is 2.35. The van der Waals surface area contributed by atoms with Crippen molar-refractivity contribution in [2.24, 2.45) is 0 Å². The van der Waals surface area contributed by atoms with Crippen molar-refractivity contribution in [1.29, 1.82) is 0 Å². The van der Waals surface area contributed by atoms with Crippen LogP contribution in [0.4, 0.5) is 19.0 Å². The van der Waals surface area contributed by atoms with Crippen molar-refractivity contribution < 1.29 is 22.5 Å². The minimum absolute atomic E-state index is 0.0141. The van der Waals surface area contributed by atoms with Gasteiger partial charge in [0.25, 0.3) is 0 Å². The molecular formula is C14H10Cl2F3N3O2S. The van der Waals surface area contributed by atoms with Crippen molar-refractivity contribution in [2.45, 2.75) is 24.6 Å². The first-order valence-electron chi connectivity index (χ1n) is 6.88. The number of benzene rings is 1. The number of fused-ring (bicyclic) bond motifs is 1. The van der Waals surface area contributed by atoms with Crippen LogP contribution < -0.4 is 5.32 Å². The van der Waals surface area contributed by atoms with Crippen molar-refractivity contribution in [1.82, 2.24) is 9.78 Å². The van der Waals surface area contributed by atoms with E-state index >= 15 is 0 Å². The molecule has 1 aromatic carbocycles. The third-order valence-corrected chi connectivity index (χ3v) is 5.30. The number of anilines is 1. The largest absolute Gasteiger partial charge is 0.616 e. The highest BCUT2D eigenvalue weighted by molar-refractivity contribution is 7.90. The number of carbonyl (C=O) groups excluding carboxylic acids is 1. The highest BCUT2D eigenvalue weighted by atomic mass is 35.5. The Morgan fingerprint density at radius 2 is 1.92 bits per heavy atom. The summed E-state index contributed by atoms with van der Waals surface area (Å²) < 4.78 is 51.5. The Kier molecular flexibility index (Phi) is 4.69. The maximum Gasteiger partial charge on any atom is 0.416 e. The molecule has 0 radical (unpaired) electrons. The maximum atomic E-state index is 12.9. The van der Waals surface area contributed by atoms with Gasteiger partial charge in [0.15, 0.2) is 0 Å². The number of amides is 1. The lowest BCUT2D eigenvalue weighted by atomic mass is 10.2. The van der Waals surface area contributed by atoms with E-state index in [2.05, 4.69) is 10.4 Å². The first-order chi connectivity index (χ1) is 11.6. The normalized spacial score (nSPS) is 16.8. The molecule has 25 heavy (non-hydrogen) atoms. The summed E-state index contributed by atoms with van der Waals surface area (Å²) in [6.07, 6.45) is -4.60. The maximum absolute atomic E-state index is 12.9.